The standard InChI is InChI=1S/C28H34N4O4/c33-27(29-20-21-6-5-7-23(18-21)36-17-14-31-12-15-35-16-13-31)22-9-10-24-25(19-22)30-26-8-3-1-2-4-11-32(26)28(24)34/h5-7,9-10,18-19H,1-4,8,11-17,20H2,(H,29,33). The first-order chi connectivity index (χ1) is 17.7. The van der Waals surface area contributed by atoms with E-state index in [2.05, 4.69) is 10.2 Å². The number of nitrogens with zero attached hydrogens (tertiary/aromatic N) is 3. The monoisotopic (exact) mass is 490 g/mol. The van der Waals surface area contributed by atoms with Crippen molar-refractivity contribution in [2.45, 2.75) is 45.2 Å². The van der Waals surface area contributed by atoms with Crippen LogP contribution in [0.3, 0.4) is 0 Å². The Morgan fingerprint density at radius 1 is 1.03 bits per heavy atom. The summed E-state index contributed by atoms with van der Waals surface area (Å²) in [6.07, 6.45) is 5.14. The van der Waals surface area contributed by atoms with Gasteiger partial charge in [0.25, 0.3) is 11.5 Å². The van der Waals surface area contributed by atoms with Crippen LogP contribution in [0, 0.1) is 0 Å². The van der Waals surface area contributed by atoms with Crippen LogP contribution in [0.2, 0.25) is 0 Å². The fourth-order valence-electron chi connectivity index (χ4n) is 4.88. The molecule has 0 bridgehead atoms. The Hall–Kier alpha value is -3.23. The van der Waals surface area contributed by atoms with E-state index in [4.69, 9.17) is 14.5 Å². The lowest BCUT2D eigenvalue weighted by atomic mass is 10.1. The third kappa shape index (κ3) is 5.94. The third-order valence-electron chi connectivity index (χ3n) is 6.96. The van der Waals surface area contributed by atoms with Gasteiger partial charge in [-0.15, -0.1) is 0 Å². The number of benzene rings is 2. The maximum absolute atomic E-state index is 13.0. The van der Waals surface area contributed by atoms with E-state index in [1.807, 2.05) is 28.8 Å². The van der Waals surface area contributed by atoms with Gasteiger partial charge in [-0.3, -0.25) is 19.1 Å². The Labute approximate surface area is 211 Å². The predicted molar refractivity (Wildman–Crippen MR) is 139 cm³/mol. The molecule has 0 spiro atoms. The van der Waals surface area contributed by atoms with E-state index >= 15 is 0 Å². The number of rotatable bonds is 7. The lowest BCUT2D eigenvalue weighted by Gasteiger charge is -2.26. The fraction of sp³-hybridized carbons (Fsp3) is 0.464. The van der Waals surface area contributed by atoms with Crippen molar-refractivity contribution >= 4 is 16.8 Å². The molecule has 36 heavy (non-hydrogen) atoms. The van der Waals surface area contributed by atoms with Crippen molar-refractivity contribution in [3.05, 3.63) is 69.8 Å². The molecule has 0 saturated carbocycles. The largest absolute Gasteiger partial charge is 0.492 e. The number of carbonyl (C=O) groups is 1. The van der Waals surface area contributed by atoms with E-state index < -0.39 is 0 Å². The number of hydrogen-bond acceptors (Lipinski definition) is 6. The van der Waals surface area contributed by atoms with Gasteiger partial charge in [0.2, 0.25) is 0 Å². The van der Waals surface area contributed by atoms with Gasteiger partial charge >= 0.3 is 0 Å². The smallest absolute Gasteiger partial charge is 0.261 e. The molecular formula is C28H34N4O4. The zero-order valence-corrected chi connectivity index (χ0v) is 20.7. The summed E-state index contributed by atoms with van der Waals surface area (Å²) in [4.78, 5) is 33.0. The molecule has 1 aromatic heterocycles. The minimum atomic E-state index is -0.191. The molecule has 3 aromatic rings. The molecule has 0 radical (unpaired) electrons. The average Bonchev–Trinajstić information content (AvgIpc) is 2.89. The van der Waals surface area contributed by atoms with Crippen molar-refractivity contribution in [3.63, 3.8) is 0 Å². The van der Waals surface area contributed by atoms with Crippen molar-refractivity contribution in [3.8, 4) is 5.75 Å². The second-order valence-electron chi connectivity index (χ2n) is 9.51. The molecule has 8 nitrogen and oxygen atoms in total. The molecule has 1 N–H and O–H groups in total. The first-order valence-corrected chi connectivity index (χ1v) is 13.0. The summed E-state index contributed by atoms with van der Waals surface area (Å²) in [6, 6.07) is 13.0. The topological polar surface area (TPSA) is 85.7 Å². The average molecular weight is 491 g/mol. The van der Waals surface area contributed by atoms with Crippen LogP contribution in [0.25, 0.3) is 10.9 Å². The van der Waals surface area contributed by atoms with E-state index in [1.54, 1.807) is 18.2 Å². The van der Waals surface area contributed by atoms with Crippen molar-refractivity contribution in [2.75, 3.05) is 39.5 Å². The SMILES string of the molecule is O=C(NCc1cccc(OCCN2CCOCC2)c1)c1ccc2c(=O)n3c(nc2c1)CCCCCC3. The Kier molecular flexibility index (Phi) is 7.93. The van der Waals surface area contributed by atoms with Gasteiger partial charge < -0.3 is 14.8 Å². The van der Waals surface area contributed by atoms with E-state index in [1.165, 1.54) is 0 Å². The molecule has 0 atom stereocenters. The van der Waals surface area contributed by atoms with E-state index in [0.717, 1.165) is 88.6 Å². The summed E-state index contributed by atoms with van der Waals surface area (Å²) < 4.78 is 13.1. The van der Waals surface area contributed by atoms with Crippen LogP contribution in [-0.4, -0.2) is 59.8 Å². The molecule has 0 unspecified atom stereocenters. The molecule has 5 rings (SSSR count). The van der Waals surface area contributed by atoms with Crippen LogP contribution >= 0.6 is 0 Å². The summed E-state index contributed by atoms with van der Waals surface area (Å²) >= 11 is 0. The summed E-state index contributed by atoms with van der Waals surface area (Å²) in [6.45, 7) is 6.03. The minimum absolute atomic E-state index is 0.00528. The number of morpholine rings is 1. The zero-order valence-electron chi connectivity index (χ0n) is 20.7. The Morgan fingerprint density at radius 2 is 1.89 bits per heavy atom. The number of ether oxygens (including phenoxy) is 2. The lowest BCUT2D eigenvalue weighted by Crippen LogP contribution is -2.38. The number of fused-ring (bicyclic) bond motifs is 2. The number of aromatic nitrogens is 2. The van der Waals surface area contributed by atoms with Gasteiger partial charge in [-0.2, -0.15) is 0 Å². The van der Waals surface area contributed by atoms with Crippen LogP contribution < -0.4 is 15.6 Å². The minimum Gasteiger partial charge on any atom is -0.492 e. The normalized spacial score (nSPS) is 16.7. The molecule has 0 aliphatic carbocycles. The Morgan fingerprint density at radius 3 is 2.78 bits per heavy atom. The Bertz CT molecular complexity index is 1270. The number of aryl methyl sites for hydroxylation is 1. The number of carbonyl (C=O) groups excluding carboxylic acids is 1. The van der Waals surface area contributed by atoms with Crippen LogP contribution in [0.1, 0.15) is 47.4 Å². The summed E-state index contributed by atoms with van der Waals surface area (Å²) in [5.41, 5.74) is 2.05. The van der Waals surface area contributed by atoms with Crippen LogP contribution in [0.15, 0.2) is 47.3 Å². The number of amides is 1. The molecule has 2 aliphatic rings. The van der Waals surface area contributed by atoms with Crippen LogP contribution in [-0.2, 0) is 24.2 Å². The molecule has 1 saturated heterocycles. The zero-order chi connectivity index (χ0) is 24.7. The van der Waals surface area contributed by atoms with Crippen LogP contribution in [0.5, 0.6) is 5.75 Å². The quantitative estimate of drug-likeness (QED) is 0.548. The van der Waals surface area contributed by atoms with Gasteiger partial charge in [-0.05, 0) is 48.7 Å². The van der Waals surface area contributed by atoms with E-state index in [9.17, 15) is 9.59 Å². The van der Waals surface area contributed by atoms with Gasteiger partial charge in [-0.25, -0.2) is 4.98 Å². The molecule has 2 aromatic carbocycles. The van der Waals surface area contributed by atoms with Gasteiger partial charge in [0.05, 0.1) is 24.1 Å². The molecule has 1 fully saturated rings. The number of nitrogens with one attached hydrogen (secondary N) is 1. The summed E-state index contributed by atoms with van der Waals surface area (Å²) in [7, 11) is 0. The Balaban J connectivity index is 1.21. The summed E-state index contributed by atoms with van der Waals surface area (Å²) in [5, 5.41) is 3.55. The predicted octanol–water partition coefficient (Wildman–Crippen LogP) is 3.15. The highest BCUT2D eigenvalue weighted by atomic mass is 16.5. The molecule has 8 heteroatoms. The molecule has 190 valence electrons. The maximum atomic E-state index is 13.0. The highest BCUT2D eigenvalue weighted by Crippen LogP contribution is 2.17. The van der Waals surface area contributed by atoms with Gasteiger partial charge in [0, 0.05) is 44.7 Å². The van der Waals surface area contributed by atoms with Crippen LogP contribution in [0.4, 0.5) is 0 Å². The van der Waals surface area contributed by atoms with Crippen molar-refractivity contribution in [1.29, 1.82) is 0 Å². The summed E-state index contributed by atoms with van der Waals surface area (Å²) in [5.74, 6) is 1.43. The van der Waals surface area contributed by atoms with Gasteiger partial charge in [0.15, 0.2) is 0 Å². The number of hydrogen-bond donors (Lipinski definition) is 1. The molecule has 3 heterocycles. The maximum Gasteiger partial charge on any atom is 0.261 e. The second-order valence-corrected chi connectivity index (χ2v) is 9.51. The lowest BCUT2D eigenvalue weighted by molar-refractivity contribution is 0.0322. The fourth-order valence-corrected chi connectivity index (χ4v) is 4.88. The van der Waals surface area contributed by atoms with Gasteiger partial charge in [0.1, 0.15) is 18.2 Å². The van der Waals surface area contributed by atoms with E-state index in [0.29, 0.717) is 29.6 Å². The van der Waals surface area contributed by atoms with Crippen molar-refractivity contribution in [1.82, 2.24) is 19.8 Å². The van der Waals surface area contributed by atoms with Crippen molar-refractivity contribution < 1.29 is 14.3 Å². The van der Waals surface area contributed by atoms with Crippen molar-refractivity contribution in [2.24, 2.45) is 0 Å². The highest BCUT2D eigenvalue weighted by molar-refractivity contribution is 5.97. The molecular weight excluding hydrogens is 456 g/mol. The first kappa shape index (κ1) is 24.5. The molecule has 1 amide bonds. The van der Waals surface area contributed by atoms with E-state index in [-0.39, 0.29) is 11.5 Å². The highest BCUT2D eigenvalue weighted by Gasteiger charge is 2.15. The first-order valence-electron chi connectivity index (χ1n) is 13.0. The molecule has 2 aliphatic heterocycles. The third-order valence-corrected chi connectivity index (χ3v) is 6.96. The second kappa shape index (κ2) is 11.7. The van der Waals surface area contributed by atoms with Gasteiger partial charge in [-0.1, -0.05) is 25.0 Å².